The summed E-state index contributed by atoms with van der Waals surface area (Å²) in [5.74, 6) is 0. The minimum absolute atomic E-state index is 0.0295. The number of carbonyl (C=O) groups is 1. The van der Waals surface area contributed by atoms with Crippen LogP contribution in [0.15, 0.2) is 46.0 Å². The summed E-state index contributed by atoms with van der Waals surface area (Å²) in [4.78, 5) is 12.0. The largest absolute Gasteiger partial charge is 0.416 e. The first-order valence-electron chi connectivity index (χ1n) is 9.45. The van der Waals surface area contributed by atoms with Gasteiger partial charge in [-0.25, -0.2) is 13.2 Å². The van der Waals surface area contributed by atoms with Crippen LogP contribution in [0.5, 0.6) is 0 Å². The van der Waals surface area contributed by atoms with Crippen molar-refractivity contribution in [2.45, 2.75) is 42.1 Å². The van der Waals surface area contributed by atoms with Gasteiger partial charge in [0.05, 0.1) is 5.56 Å². The molecule has 11 heteroatoms. The summed E-state index contributed by atoms with van der Waals surface area (Å²) in [5, 5.41) is 6.68. The molecule has 1 fully saturated rings. The number of nitrogens with zero attached hydrogens (tertiary/aromatic N) is 1. The van der Waals surface area contributed by atoms with Gasteiger partial charge in [-0.2, -0.15) is 17.5 Å². The molecule has 164 valence electrons. The Kier molecular flexibility index (Phi) is 7.04. The highest BCUT2D eigenvalue weighted by Gasteiger charge is 2.34. The van der Waals surface area contributed by atoms with Gasteiger partial charge in [-0.3, -0.25) is 0 Å². The van der Waals surface area contributed by atoms with E-state index in [0.29, 0.717) is 23.6 Å². The van der Waals surface area contributed by atoms with Gasteiger partial charge in [0.2, 0.25) is 0 Å². The van der Waals surface area contributed by atoms with Crippen LogP contribution in [0.1, 0.15) is 31.2 Å². The van der Waals surface area contributed by atoms with Crippen LogP contribution in [-0.4, -0.2) is 37.9 Å². The molecule has 1 atom stereocenters. The average Bonchev–Trinajstić information content (AvgIpc) is 3.23. The Morgan fingerprint density at radius 1 is 1.20 bits per heavy atom. The molecule has 0 saturated carbocycles. The van der Waals surface area contributed by atoms with E-state index < -0.39 is 27.8 Å². The highest BCUT2D eigenvalue weighted by molar-refractivity contribution is 7.91. The SMILES string of the molecule is O=C(NCCC1CCCCN1S(=O)(=O)c1cccs1)Nc1cccc(C(F)(F)F)c1. The summed E-state index contributed by atoms with van der Waals surface area (Å²) in [5.41, 5.74) is -0.821. The molecule has 0 bridgehead atoms. The third kappa shape index (κ3) is 5.52. The number of sulfonamides is 1. The number of alkyl halides is 3. The van der Waals surface area contributed by atoms with Crippen molar-refractivity contribution >= 4 is 33.1 Å². The van der Waals surface area contributed by atoms with Crippen molar-refractivity contribution in [3.05, 3.63) is 47.3 Å². The van der Waals surface area contributed by atoms with E-state index in [4.69, 9.17) is 0 Å². The van der Waals surface area contributed by atoms with Gasteiger partial charge in [-0.1, -0.05) is 18.6 Å². The zero-order valence-electron chi connectivity index (χ0n) is 16.0. The summed E-state index contributed by atoms with van der Waals surface area (Å²) in [6.45, 7) is 0.632. The van der Waals surface area contributed by atoms with Crippen LogP contribution in [0.4, 0.5) is 23.7 Å². The van der Waals surface area contributed by atoms with Crippen molar-refractivity contribution in [1.29, 1.82) is 0 Å². The molecular formula is C19H22F3N3O3S2. The molecule has 2 N–H and O–H groups in total. The van der Waals surface area contributed by atoms with Crippen molar-refractivity contribution in [3.8, 4) is 0 Å². The van der Waals surface area contributed by atoms with Crippen molar-refractivity contribution in [3.63, 3.8) is 0 Å². The summed E-state index contributed by atoms with van der Waals surface area (Å²) in [7, 11) is -3.57. The van der Waals surface area contributed by atoms with Gasteiger partial charge in [-0.05, 0) is 48.9 Å². The minimum Gasteiger partial charge on any atom is -0.338 e. The van der Waals surface area contributed by atoms with E-state index in [-0.39, 0.29) is 18.3 Å². The lowest BCUT2D eigenvalue weighted by molar-refractivity contribution is -0.137. The van der Waals surface area contributed by atoms with Crippen LogP contribution in [0.25, 0.3) is 0 Å². The summed E-state index contributed by atoms with van der Waals surface area (Å²) in [6, 6.07) is 6.75. The first kappa shape index (κ1) is 22.6. The molecule has 1 aliphatic heterocycles. The zero-order valence-corrected chi connectivity index (χ0v) is 17.6. The second-order valence-electron chi connectivity index (χ2n) is 6.95. The first-order valence-corrected chi connectivity index (χ1v) is 11.8. The standard InChI is InChI=1S/C19H22F3N3O3S2/c20-19(21,22)14-5-3-6-15(13-14)24-18(26)23-10-9-16-7-1-2-11-25(16)30(27,28)17-8-4-12-29-17/h3-6,8,12-13,16H,1-2,7,9-11H2,(H2,23,24,26). The highest BCUT2D eigenvalue weighted by Crippen LogP contribution is 2.31. The number of thiophene rings is 1. The van der Waals surface area contributed by atoms with E-state index in [0.717, 1.165) is 25.0 Å². The number of benzene rings is 1. The molecule has 1 unspecified atom stereocenters. The topological polar surface area (TPSA) is 78.5 Å². The molecule has 3 rings (SSSR count). The predicted octanol–water partition coefficient (Wildman–Crippen LogP) is 4.52. The van der Waals surface area contributed by atoms with Gasteiger partial charge >= 0.3 is 12.2 Å². The minimum atomic E-state index is -4.49. The van der Waals surface area contributed by atoms with Crippen LogP contribution < -0.4 is 10.6 Å². The zero-order chi connectivity index (χ0) is 21.8. The summed E-state index contributed by atoms with van der Waals surface area (Å²) < 4.78 is 65.8. The summed E-state index contributed by atoms with van der Waals surface area (Å²) in [6.07, 6.45) is -1.70. The Hall–Kier alpha value is -2.11. The third-order valence-corrected chi connectivity index (χ3v) is 8.17. The molecule has 6 nitrogen and oxygen atoms in total. The maximum Gasteiger partial charge on any atom is 0.416 e. The van der Waals surface area contributed by atoms with Crippen molar-refractivity contribution < 1.29 is 26.4 Å². The van der Waals surface area contributed by atoms with Crippen molar-refractivity contribution in [1.82, 2.24) is 9.62 Å². The number of amides is 2. The van der Waals surface area contributed by atoms with Crippen molar-refractivity contribution in [2.75, 3.05) is 18.4 Å². The number of anilines is 1. The lowest BCUT2D eigenvalue weighted by Gasteiger charge is -2.34. The Labute approximate surface area is 177 Å². The Bertz CT molecular complexity index is 963. The van der Waals surface area contributed by atoms with E-state index in [2.05, 4.69) is 10.6 Å². The van der Waals surface area contributed by atoms with E-state index in [1.54, 1.807) is 17.5 Å². The molecule has 1 saturated heterocycles. The number of carbonyl (C=O) groups excluding carboxylic acids is 1. The lowest BCUT2D eigenvalue weighted by Crippen LogP contribution is -2.45. The number of rotatable bonds is 6. The molecule has 0 spiro atoms. The van der Waals surface area contributed by atoms with Crippen LogP contribution in [-0.2, 0) is 16.2 Å². The fraction of sp³-hybridized carbons (Fsp3) is 0.421. The number of nitrogens with one attached hydrogen (secondary N) is 2. The Morgan fingerprint density at radius 3 is 2.70 bits per heavy atom. The van der Waals surface area contributed by atoms with Crippen LogP contribution in [0.3, 0.4) is 0 Å². The second-order valence-corrected chi connectivity index (χ2v) is 10.0. The van der Waals surface area contributed by atoms with Crippen LogP contribution >= 0.6 is 11.3 Å². The van der Waals surface area contributed by atoms with E-state index in [1.165, 1.54) is 27.8 Å². The fourth-order valence-corrected chi connectivity index (χ4v) is 6.25. The molecule has 1 aliphatic rings. The van der Waals surface area contributed by atoms with Crippen LogP contribution in [0, 0.1) is 0 Å². The number of halogens is 3. The van der Waals surface area contributed by atoms with E-state index in [1.807, 2.05) is 0 Å². The number of hydrogen-bond donors (Lipinski definition) is 2. The van der Waals surface area contributed by atoms with Gasteiger partial charge in [-0.15, -0.1) is 11.3 Å². The fourth-order valence-electron chi connectivity index (χ4n) is 3.41. The molecule has 30 heavy (non-hydrogen) atoms. The second kappa shape index (κ2) is 9.36. The molecule has 0 aliphatic carbocycles. The predicted molar refractivity (Wildman–Crippen MR) is 109 cm³/mol. The van der Waals surface area contributed by atoms with Gasteiger partial charge in [0.1, 0.15) is 4.21 Å². The smallest absolute Gasteiger partial charge is 0.338 e. The normalized spacial score (nSPS) is 18.2. The van der Waals surface area contributed by atoms with Crippen LogP contribution in [0.2, 0.25) is 0 Å². The molecular weight excluding hydrogens is 439 g/mol. The average molecular weight is 462 g/mol. The molecule has 1 aromatic heterocycles. The molecule has 0 radical (unpaired) electrons. The molecule has 2 heterocycles. The number of hydrogen-bond acceptors (Lipinski definition) is 4. The number of piperidine rings is 1. The van der Waals surface area contributed by atoms with Crippen molar-refractivity contribution in [2.24, 2.45) is 0 Å². The molecule has 1 aromatic carbocycles. The van der Waals surface area contributed by atoms with Gasteiger partial charge < -0.3 is 10.6 Å². The third-order valence-electron chi connectivity index (χ3n) is 4.84. The molecule has 2 amide bonds. The highest BCUT2D eigenvalue weighted by atomic mass is 32.2. The first-order chi connectivity index (χ1) is 14.2. The quantitative estimate of drug-likeness (QED) is 0.664. The van der Waals surface area contributed by atoms with Gasteiger partial charge in [0.25, 0.3) is 10.0 Å². The number of urea groups is 1. The van der Waals surface area contributed by atoms with Gasteiger partial charge in [0.15, 0.2) is 0 Å². The maximum atomic E-state index is 12.9. The van der Waals surface area contributed by atoms with E-state index in [9.17, 15) is 26.4 Å². The monoisotopic (exact) mass is 461 g/mol. The lowest BCUT2D eigenvalue weighted by atomic mass is 10.0. The Balaban J connectivity index is 1.55. The Morgan fingerprint density at radius 2 is 2.00 bits per heavy atom. The molecule has 2 aromatic rings. The van der Waals surface area contributed by atoms with Gasteiger partial charge in [0, 0.05) is 24.8 Å². The van der Waals surface area contributed by atoms with E-state index >= 15 is 0 Å². The maximum absolute atomic E-state index is 12.9. The summed E-state index contributed by atoms with van der Waals surface area (Å²) >= 11 is 1.17.